The molecule has 0 saturated carbocycles. The largest absolute Gasteiger partial charge is 0.425 e. The Hall–Kier alpha value is -0.550. The maximum atomic E-state index is 12.3. The van der Waals surface area contributed by atoms with Crippen LogP contribution in [-0.2, 0) is 12.6 Å². The van der Waals surface area contributed by atoms with E-state index in [2.05, 4.69) is 5.32 Å². The van der Waals surface area contributed by atoms with E-state index in [0.29, 0.717) is 6.04 Å². The zero-order valence-corrected chi connectivity index (χ0v) is 8.92. The predicted octanol–water partition coefficient (Wildman–Crippen LogP) is 3.06. The van der Waals surface area contributed by atoms with Crippen molar-refractivity contribution in [2.24, 2.45) is 0 Å². The van der Waals surface area contributed by atoms with Crippen LogP contribution in [0.3, 0.4) is 0 Å². The van der Waals surface area contributed by atoms with E-state index < -0.39 is 11.1 Å². The van der Waals surface area contributed by atoms with E-state index >= 15 is 0 Å². The van der Waals surface area contributed by atoms with Crippen LogP contribution in [0.4, 0.5) is 13.2 Å². The number of nitrogens with one attached hydrogen (secondary N) is 1. The molecule has 1 atom stereocenters. The Balaban J connectivity index is 2.00. The van der Waals surface area contributed by atoms with Crippen LogP contribution < -0.4 is 5.32 Å². The van der Waals surface area contributed by atoms with Gasteiger partial charge in [-0.2, -0.15) is 13.2 Å². The topological polar surface area (TPSA) is 12.0 Å². The number of hydrogen-bond donors (Lipinski definition) is 1. The number of halogens is 3. The van der Waals surface area contributed by atoms with Crippen LogP contribution >= 0.6 is 11.3 Å². The van der Waals surface area contributed by atoms with E-state index in [1.807, 2.05) is 0 Å². The van der Waals surface area contributed by atoms with E-state index in [4.69, 9.17) is 0 Å². The normalized spacial score (nSPS) is 22.2. The van der Waals surface area contributed by atoms with Crippen molar-refractivity contribution in [3.63, 3.8) is 0 Å². The Morgan fingerprint density at radius 3 is 2.73 bits per heavy atom. The Labute approximate surface area is 90.3 Å². The SMILES string of the molecule is FC(F)(F)c1ccc(CC2CCCN2)s1. The van der Waals surface area contributed by atoms with Gasteiger partial charge >= 0.3 is 6.18 Å². The zero-order valence-electron chi connectivity index (χ0n) is 8.10. The molecule has 1 aliphatic heterocycles. The molecular formula is C10H12F3NS. The average molecular weight is 235 g/mol. The highest BCUT2D eigenvalue weighted by atomic mass is 32.1. The Kier molecular flexibility index (Phi) is 3.02. The first kappa shape index (κ1) is 11.0. The lowest BCUT2D eigenvalue weighted by Gasteiger charge is -2.07. The van der Waals surface area contributed by atoms with Crippen LogP contribution in [0.2, 0.25) is 0 Å². The molecule has 15 heavy (non-hydrogen) atoms. The van der Waals surface area contributed by atoms with Gasteiger partial charge in [0.05, 0.1) is 0 Å². The molecule has 0 amide bonds. The van der Waals surface area contributed by atoms with E-state index in [9.17, 15) is 13.2 Å². The van der Waals surface area contributed by atoms with Crippen molar-refractivity contribution < 1.29 is 13.2 Å². The summed E-state index contributed by atoms with van der Waals surface area (Å²) in [5.74, 6) is 0. The van der Waals surface area contributed by atoms with Crippen LogP contribution in [0, 0.1) is 0 Å². The maximum Gasteiger partial charge on any atom is 0.425 e. The molecule has 1 aliphatic rings. The van der Waals surface area contributed by atoms with Gasteiger partial charge in [0.2, 0.25) is 0 Å². The minimum absolute atomic E-state index is 0.365. The van der Waals surface area contributed by atoms with Crippen molar-refractivity contribution in [1.82, 2.24) is 5.32 Å². The fourth-order valence-electron chi connectivity index (χ4n) is 1.81. The first-order valence-electron chi connectivity index (χ1n) is 4.95. The van der Waals surface area contributed by atoms with E-state index in [1.165, 1.54) is 6.07 Å². The van der Waals surface area contributed by atoms with E-state index in [-0.39, 0.29) is 0 Å². The second-order valence-electron chi connectivity index (χ2n) is 3.76. The number of alkyl halides is 3. The highest BCUT2D eigenvalue weighted by Gasteiger charge is 2.32. The van der Waals surface area contributed by atoms with Crippen molar-refractivity contribution in [2.45, 2.75) is 31.5 Å². The third-order valence-electron chi connectivity index (χ3n) is 2.55. The van der Waals surface area contributed by atoms with Crippen molar-refractivity contribution >= 4 is 11.3 Å². The molecule has 1 fully saturated rings. The summed E-state index contributed by atoms with van der Waals surface area (Å²) in [5, 5.41) is 3.28. The van der Waals surface area contributed by atoms with Crippen molar-refractivity contribution in [2.75, 3.05) is 6.54 Å². The summed E-state index contributed by atoms with van der Waals surface area (Å²) in [4.78, 5) is 0.331. The van der Waals surface area contributed by atoms with Gasteiger partial charge in [-0.15, -0.1) is 11.3 Å². The highest BCUT2D eigenvalue weighted by Crippen LogP contribution is 2.35. The molecule has 1 unspecified atom stereocenters. The van der Waals surface area contributed by atoms with Crippen LogP contribution in [0.5, 0.6) is 0 Å². The monoisotopic (exact) mass is 235 g/mol. The average Bonchev–Trinajstić information content (AvgIpc) is 2.73. The molecule has 0 radical (unpaired) electrons. The Morgan fingerprint density at radius 2 is 2.20 bits per heavy atom. The zero-order chi connectivity index (χ0) is 10.9. The molecule has 1 aromatic rings. The fraction of sp³-hybridized carbons (Fsp3) is 0.600. The van der Waals surface area contributed by atoms with Gasteiger partial charge in [0.1, 0.15) is 4.88 Å². The lowest BCUT2D eigenvalue weighted by Crippen LogP contribution is -2.23. The van der Waals surface area contributed by atoms with Gasteiger partial charge in [-0.25, -0.2) is 0 Å². The summed E-state index contributed by atoms with van der Waals surface area (Å²) >= 11 is 0.862. The molecule has 0 spiro atoms. The first-order valence-corrected chi connectivity index (χ1v) is 5.76. The lowest BCUT2D eigenvalue weighted by molar-refractivity contribution is -0.134. The molecule has 0 aliphatic carbocycles. The molecule has 1 saturated heterocycles. The van der Waals surface area contributed by atoms with Gasteiger partial charge in [-0.05, 0) is 37.9 Å². The first-order chi connectivity index (χ1) is 7.05. The second kappa shape index (κ2) is 4.14. The molecule has 84 valence electrons. The molecule has 0 aromatic carbocycles. The fourth-order valence-corrected chi connectivity index (χ4v) is 2.77. The summed E-state index contributed by atoms with van der Waals surface area (Å²) in [6, 6.07) is 3.13. The molecule has 5 heteroatoms. The third kappa shape index (κ3) is 2.72. The molecule has 2 rings (SSSR count). The summed E-state index contributed by atoms with van der Waals surface area (Å²) in [6.45, 7) is 0.988. The Morgan fingerprint density at radius 1 is 1.40 bits per heavy atom. The van der Waals surface area contributed by atoms with Crippen LogP contribution in [0.15, 0.2) is 12.1 Å². The smallest absolute Gasteiger partial charge is 0.314 e. The Bertz CT molecular complexity index is 326. The maximum absolute atomic E-state index is 12.3. The van der Waals surface area contributed by atoms with Crippen LogP contribution in [-0.4, -0.2) is 12.6 Å². The molecule has 0 bridgehead atoms. The van der Waals surface area contributed by atoms with Crippen molar-refractivity contribution in [1.29, 1.82) is 0 Å². The number of thiophene rings is 1. The van der Waals surface area contributed by atoms with E-state index in [1.54, 1.807) is 6.07 Å². The van der Waals surface area contributed by atoms with Crippen LogP contribution in [0.1, 0.15) is 22.6 Å². The summed E-state index contributed by atoms with van der Waals surface area (Å²) in [7, 11) is 0. The second-order valence-corrected chi connectivity index (χ2v) is 4.93. The molecule has 2 heterocycles. The highest BCUT2D eigenvalue weighted by molar-refractivity contribution is 7.12. The van der Waals surface area contributed by atoms with Gasteiger partial charge in [-0.1, -0.05) is 0 Å². The van der Waals surface area contributed by atoms with Crippen molar-refractivity contribution in [3.05, 3.63) is 21.9 Å². The molecule has 1 N–H and O–H groups in total. The van der Waals surface area contributed by atoms with Crippen molar-refractivity contribution in [3.8, 4) is 0 Å². The minimum Gasteiger partial charge on any atom is -0.314 e. The standard InChI is InChI=1S/C10H12F3NS/c11-10(12,13)9-4-3-8(15-9)6-7-2-1-5-14-7/h3-4,7,14H,1-2,5-6H2. The third-order valence-corrected chi connectivity index (χ3v) is 3.70. The molecule has 1 nitrogen and oxygen atoms in total. The van der Waals surface area contributed by atoms with Gasteiger partial charge in [0.25, 0.3) is 0 Å². The molecular weight excluding hydrogens is 223 g/mol. The van der Waals surface area contributed by atoms with Gasteiger partial charge in [-0.3, -0.25) is 0 Å². The van der Waals surface area contributed by atoms with E-state index in [0.717, 1.165) is 42.0 Å². The number of hydrogen-bond acceptors (Lipinski definition) is 2. The minimum atomic E-state index is -4.19. The molecule has 1 aromatic heterocycles. The van der Waals surface area contributed by atoms with Gasteiger partial charge in [0.15, 0.2) is 0 Å². The predicted molar refractivity (Wildman–Crippen MR) is 54.0 cm³/mol. The van der Waals surface area contributed by atoms with Gasteiger partial charge < -0.3 is 5.32 Å². The summed E-state index contributed by atoms with van der Waals surface area (Å²) in [5.41, 5.74) is 0. The summed E-state index contributed by atoms with van der Waals surface area (Å²) < 4.78 is 36.9. The number of rotatable bonds is 2. The van der Waals surface area contributed by atoms with Crippen LogP contribution in [0.25, 0.3) is 0 Å². The quantitative estimate of drug-likeness (QED) is 0.830. The summed E-state index contributed by atoms with van der Waals surface area (Å²) in [6.07, 6.45) is -1.27. The lowest BCUT2D eigenvalue weighted by atomic mass is 10.1. The van der Waals surface area contributed by atoms with Gasteiger partial charge in [0, 0.05) is 10.9 Å².